The first kappa shape index (κ1) is 9.19. The highest BCUT2D eigenvalue weighted by Gasteiger charge is 1.98. The Morgan fingerprint density at radius 2 is 2.58 bits per heavy atom. The van der Waals surface area contributed by atoms with Crippen LogP contribution in [-0.2, 0) is 11.3 Å². The summed E-state index contributed by atoms with van der Waals surface area (Å²) in [5.41, 5.74) is 1.10. The third-order valence-corrected chi connectivity index (χ3v) is 1.98. The molecule has 0 aliphatic heterocycles. The lowest BCUT2D eigenvalue weighted by Gasteiger charge is -2.00. The Bertz CT molecular complexity index is 233. The molecule has 0 aliphatic rings. The van der Waals surface area contributed by atoms with Gasteiger partial charge in [-0.2, -0.15) is 11.8 Å². The fraction of sp³-hybridized carbons (Fsp3) is 0.375. The second kappa shape index (κ2) is 4.87. The maximum atomic E-state index is 11.0. The van der Waals surface area contributed by atoms with Crippen LogP contribution in [0.5, 0.6) is 0 Å². The summed E-state index contributed by atoms with van der Waals surface area (Å²) in [6.45, 7) is 0.614. The van der Waals surface area contributed by atoms with E-state index >= 15 is 0 Å². The van der Waals surface area contributed by atoms with Crippen molar-refractivity contribution in [1.29, 1.82) is 0 Å². The number of nitrogens with one attached hydrogen (secondary N) is 2. The smallest absolute Gasteiger partial charge is 0.230 e. The quantitative estimate of drug-likeness (QED) is 0.733. The Morgan fingerprint density at radius 3 is 3.17 bits per heavy atom. The minimum absolute atomic E-state index is 0.0868. The topological polar surface area (TPSA) is 44.9 Å². The molecule has 0 fully saturated rings. The summed E-state index contributed by atoms with van der Waals surface area (Å²) in [5.74, 6) is 0.619. The number of hydrogen-bond acceptors (Lipinski definition) is 2. The normalized spacial score (nSPS) is 9.75. The average molecular weight is 184 g/mol. The highest BCUT2D eigenvalue weighted by atomic mass is 32.2. The van der Waals surface area contributed by atoms with Gasteiger partial charge in [0.2, 0.25) is 5.91 Å². The fourth-order valence-electron chi connectivity index (χ4n) is 0.851. The molecule has 3 nitrogen and oxygen atoms in total. The van der Waals surface area contributed by atoms with Gasteiger partial charge in [0.1, 0.15) is 0 Å². The van der Waals surface area contributed by atoms with Gasteiger partial charge >= 0.3 is 0 Å². The summed E-state index contributed by atoms with van der Waals surface area (Å²) in [7, 11) is 0. The van der Waals surface area contributed by atoms with Crippen molar-refractivity contribution in [1.82, 2.24) is 10.3 Å². The van der Waals surface area contributed by atoms with Crippen molar-refractivity contribution in [3.63, 3.8) is 0 Å². The molecule has 1 rings (SSSR count). The Morgan fingerprint density at radius 1 is 1.75 bits per heavy atom. The first-order chi connectivity index (χ1) is 5.83. The van der Waals surface area contributed by atoms with Gasteiger partial charge in [-0.3, -0.25) is 4.79 Å². The molecule has 0 bridgehead atoms. The maximum absolute atomic E-state index is 11.0. The number of amides is 1. The number of thioether (sulfide) groups is 1. The summed E-state index contributed by atoms with van der Waals surface area (Å²) >= 11 is 1.53. The molecule has 1 heterocycles. The van der Waals surface area contributed by atoms with Crippen LogP contribution >= 0.6 is 11.8 Å². The van der Waals surface area contributed by atoms with Crippen molar-refractivity contribution in [2.45, 2.75) is 6.54 Å². The minimum atomic E-state index is 0.0868. The standard InChI is InChI=1S/C8H12N2OS/c1-12-6-8(11)10-5-7-2-3-9-4-7/h2-4,9H,5-6H2,1H3,(H,10,11). The second-order valence-corrected chi connectivity index (χ2v) is 3.30. The van der Waals surface area contributed by atoms with Gasteiger partial charge in [0.25, 0.3) is 0 Å². The zero-order valence-electron chi connectivity index (χ0n) is 6.96. The van der Waals surface area contributed by atoms with Gasteiger partial charge < -0.3 is 10.3 Å². The predicted octanol–water partition coefficient (Wildman–Crippen LogP) is 0.994. The van der Waals surface area contributed by atoms with Crippen LogP contribution in [0.15, 0.2) is 18.5 Å². The van der Waals surface area contributed by atoms with Gasteiger partial charge in [-0.05, 0) is 17.9 Å². The SMILES string of the molecule is CSCC(=O)NCc1cc[nH]c1. The number of hydrogen-bond donors (Lipinski definition) is 2. The maximum Gasteiger partial charge on any atom is 0.230 e. The number of aromatic amines is 1. The lowest BCUT2D eigenvalue weighted by atomic mass is 10.3. The number of rotatable bonds is 4. The monoisotopic (exact) mass is 184 g/mol. The average Bonchev–Trinajstić information content (AvgIpc) is 2.53. The van der Waals surface area contributed by atoms with Crippen LogP contribution in [0.3, 0.4) is 0 Å². The van der Waals surface area contributed by atoms with E-state index in [2.05, 4.69) is 10.3 Å². The first-order valence-electron chi connectivity index (χ1n) is 3.70. The molecule has 66 valence electrons. The molecule has 0 spiro atoms. The molecule has 2 N–H and O–H groups in total. The molecule has 0 radical (unpaired) electrons. The van der Waals surface area contributed by atoms with Crippen LogP contribution in [0.1, 0.15) is 5.56 Å². The first-order valence-corrected chi connectivity index (χ1v) is 5.09. The van der Waals surface area contributed by atoms with Crippen molar-refractivity contribution in [3.05, 3.63) is 24.0 Å². The summed E-state index contributed by atoms with van der Waals surface area (Å²) in [6, 6.07) is 1.94. The van der Waals surface area contributed by atoms with Crippen LogP contribution in [0.2, 0.25) is 0 Å². The molecule has 0 unspecified atom stereocenters. The summed E-state index contributed by atoms with van der Waals surface area (Å²) in [5, 5.41) is 2.81. The van der Waals surface area contributed by atoms with Crippen molar-refractivity contribution >= 4 is 17.7 Å². The molecular formula is C8H12N2OS. The molecular weight excluding hydrogens is 172 g/mol. The Balaban J connectivity index is 2.22. The van der Waals surface area contributed by atoms with E-state index in [4.69, 9.17) is 0 Å². The highest BCUT2D eigenvalue weighted by molar-refractivity contribution is 7.99. The van der Waals surface area contributed by atoms with E-state index in [1.165, 1.54) is 11.8 Å². The van der Waals surface area contributed by atoms with E-state index in [0.29, 0.717) is 12.3 Å². The summed E-state index contributed by atoms with van der Waals surface area (Å²) < 4.78 is 0. The van der Waals surface area contributed by atoms with Crippen LogP contribution in [0.4, 0.5) is 0 Å². The molecule has 4 heteroatoms. The van der Waals surface area contributed by atoms with Gasteiger partial charge in [-0.15, -0.1) is 0 Å². The lowest BCUT2D eigenvalue weighted by molar-refractivity contribution is -0.118. The number of carbonyl (C=O) groups is 1. The Labute approximate surface area is 75.9 Å². The van der Waals surface area contributed by atoms with Gasteiger partial charge in [-0.1, -0.05) is 0 Å². The van der Waals surface area contributed by atoms with Crippen molar-refractivity contribution in [3.8, 4) is 0 Å². The summed E-state index contributed by atoms with van der Waals surface area (Å²) in [6.07, 6.45) is 5.63. The third-order valence-electron chi connectivity index (χ3n) is 1.43. The van der Waals surface area contributed by atoms with E-state index in [1.807, 2.05) is 24.7 Å². The van der Waals surface area contributed by atoms with E-state index in [9.17, 15) is 4.79 Å². The number of H-pyrrole nitrogens is 1. The van der Waals surface area contributed by atoms with Crippen LogP contribution < -0.4 is 5.32 Å². The van der Waals surface area contributed by atoms with Gasteiger partial charge in [0.05, 0.1) is 5.75 Å². The third kappa shape index (κ3) is 3.00. The van der Waals surface area contributed by atoms with Gasteiger partial charge in [-0.25, -0.2) is 0 Å². The lowest BCUT2D eigenvalue weighted by Crippen LogP contribution is -2.24. The molecule has 0 aliphatic carbocycles. The largest absolute Gasteiger partial charge is 0.367 e. The molecule has 0 saturated carbocycles. The van der Waals surface area contributed by atoms with Gasteiger partial charge in [0.15, 0.2) is 0 Å². The molecule has 0 aromatic carbocycles. The summed E-state index contributed by atoms with van der Waals surface area (Å²) in [4.78, 5) is 13.9. The number of aromatic nitrogens is 1. The zero-order valence-corrected chi connectivity index (χ0v) is 7.78. The zero-order chi connectivity index (χ0) is 8.81. The second-order valence-electron chi connectivity index (χ2n) is 2.43. The molecule has 0 saturated heterocycles. The van der Waals surface area contributed by atoms with Gasteiger partial charge in [0, 0.05) is 18.9 Å². The van der Waals surface area contributed by atoms with E-state index < -0.39 is 0 Å². The van der Waals surface area contributed by atoms with E-state index in [1.54, 1.807) is 0 Å². The molecule has 0 atom stereocenters. The van der Waals surface area contributed by atoms with Crippen molar-refractivity contribution in [2.24, 2.45) is 0 Å². The number of carbonyl (C=O) groups excluding carboxylic acids is 1. The molecule has 1 amide bonds. The fourth-order valence-corrected chi connectivity index (χ4v) is 1.22. The van der Waals surface area contributed by atoms with Crippen LogP contribution in [0, 0.1) is 0 Å². The van der Waals surface area contributed by atoms with E-state index in [0.717, 1.165) is 5.56 Å². The van der Waals surface area contributed by atoms with Crippen molar-refractivity contribution < 1.29 is 4.79 Å². The predicted molar refractivity (Wildman–Crippen MR) is 51.0 cm³/mol. The van der Waals surface area contributed by atoms with Crippen molar-refractivity contribution in [2.75, 3.05) is 12.0 Å². The Kier molecular flexibility index (Phi) is 3.73. The molecule has 1 aromatic rings. The molecule has 12 heavy (non-hydrogen) atoms. The molecule has 1 aromatic heterocycles. The van der Waals surface area contributed by atoms with E-state index in [-0.39, 0.29) is 5.91 Å². The Hall–Kier alpha value is -0.900. The highest BCUT2D eigenvalue weighted by Crippen LogP contribution is 1.96. The van der Waals surface area contributed by atoms with Crippen LogP contribution in [-0.4, -0.2) is 22.9 Å². The van der Waals surface area contributed by atoms with Crippen LogP contribution in [0.25, 0.3) is 0 Å². The minimum Gasteiger partial charge on any atom is -0.367 e.